The van der Waals surface area contributed by atoms with E-state index in [1.165, 1.54) is 0 Å². The number of carbonyl (C=O) groups excluding carboxylic acids is 1. The molecule has 0 aliphatic carbocycles. The van der Waals surface area contributed by atoms with Crippen molar-refractivity contribution in [3.05, 3.63) is 47.8 Å². The molecule has 1 amide bonds. The summed E-state index contributed by atoms with van der Waals surface area (Å²) in [6.07, 6.45) is 3.44. The fraction of sp³-hybridized carbons (Fsp3) is 0.231. The van der Waals surface area contributed by atoms with E-state index in [2.05, 4.69) is 10.4 Å². The highest BCUT2D eigenvalue weighted by molar-refractivity contribution is 5.91. The smallest absolute Gasteiger partial charge is 0.246 e. The van der Waals surface area contributed by atoms with Gasteiger partial charge in [-0.05, 0) is 18.6 Å². The van der Waals surface area contributed by atoms with Gasteiger partial charge in [-0.15, -0.1) is 0 Å². The molecule has 0 radical (unpaired) electrons. The lowest BCUT2D eigenvalue weighted by atomic mass is 10.2. The van der Waals surface area contributed by atoms with E-state index < -0.39 is 0 Å². The highest BCUT2D eigenvalue weighted by Gasteiger charge is 2.06. The van der Waals surface area contributed by atoms with Crippen LogP contribution in [0.25, 0.3) is 0 Å². The lowest BCUT2D eigenvalue weighted by molar-refractivity contribution is -0.116. The summed E-state index contributed by atoms with van der Waals surface area (Å²) < 4.78 is 1.58. The van der Waals surface area contributed by atoms with Crippen molar-refractivity contribution in [3.63, 3.8) is 0 Å². The van der Waals surface area contributed by atoms with Crippen LogP contribution in [0.2, 0.25) is 0 Å². The standard InChI is InChI=1S/C13H16N4O/c1-10-4-2-3-5-12(10)16-13(18)9-17-8-11(6-14)7-15-17/h2-5,7-8H,6,9,14H2,1H3,(H,16,18). The Morgan fingerprint density at radius 2 is 2.22 bits per heavy atom. The van der Waals surface area contributed by atoms with E-state index in [-0.39, 0.29) is 12.5 Å². The van der Waals surface area contributed by atoms with E-state index in [0.29, 0.717) is 6.54 Å². The first-order valence-corrected chi connectivity index (χ1v) is 5.76. The van der Waals surface area contributed by atoms with Gasteiger partial charge < -0.3 is 11.1 Å². The first-order chi connectivity index (χ1) is 8.69. The maximum Gasteiger partial charge on any atom is 0.246 e. The second-order valence-electron chi connectivity index (χ2n) is 4.11. The van der Waals surface area contributed by atoms with Crippen LogP contribution < -0.4 is 11.1 Å². The summed E-state index contributed by atoms with van der Waals surface area (Å²) in [6.45, 7) is 2.57. The van der Waals surface area contributed by atoms with E-state index in [9.17, 15) is 4.79 Å². The van der Waals surface area contributed by atoms with Crippen molar-refractivity contribution in [1.29, 1.82) is 0 Å². The van der Waals surface area contributed by atoms with Gasteiger partial charge in [0.2, 0.25) is 5.91 Å². The van der Waals surface area contributed by atoms with Crippen molar-refractivity contribution in [2.75, 3.05) is 5.32 Å². The predicted molar refractivity (Wildman–Crippen MR) is 69.9 cm³/mol. The molecule has 0 aliphatic heterocycles. The van der Waals surface area contributed by atoms with E-state index >= 15 is 0 Å². The van der Waals surface area contributed by atoms with E-state index in [1.807, 2.05) is 31.2 Å². The molecule has 0 saturated carbocycles. The number of benzene rings is 1. The fourth-order valence-electron chi connectivity index (χ4n) is 1.65. The second kappa shape index (κ2) is 5.46. The van der Waals surface area contributed by atoms with E-state index in [1.54, 1.807) is 17.1 Å². The number of anilines is 1. The Labute approximate surface area is 106 Å². The molecule has 0 unspecified atom stereocenters. The third-order valence-corrected chi connectivity index (χ3v) is 2.65. The second-order valence-corrected chi connectivity index (χ2v) is 4.11. The number of hydrogen-bond donors (Lipinski definition) is 2. The van der Waals surface area contributed by atoms with Gasteiger partial charge >= 0.3 is 0 Å². The van der Waals surface area contributed by atoms with Crippen molar-refractivity contribution in [2.24, 2.45) is 5.73 Å². The molecule has 0 saturated heterocycles. The Balaban J connectivity index is 1.99. The van der Waals surface area contributed by atoms with Crippen LogP contribution in [0.3, 0.4) is 0 Å². The van der Waals surface area contributed by atoms with Crippen LogP contribution in [0.4, 0.5) is 5.69 Å². The van der Waals surface area contributed by atoms with Crippen LogP contribution in [-0.4, -0.2) is 15.7 Å². The Kier molecular flexibility index (Phi) is 3.74. The van der Waals surface area contributed by atoms with Crippen LogP contribution in [0, 0.1) is 6.92 Å². The Bertz CT molecular complexity index is 547. The van der Waals surface area contributed by atoms with Gasteiger partial charge in [-0.25, -0.2) is 0 Å². The van der Waals surface area contributed by atoms with Crippen molar-refractivity contribution in [1.82, 2.24) is 9.78 Å². The molecule has 0 fully saturated rings. The summed E-state index contributed by atoms with van der Waals surface area (Å²) in [4.78, 5) is 11.8. The van der Waals surface area contributed by atoms with E-state index in [0.717, 1.165) is 16.8 Å². The third kappa shape index (κ3) is 2.95. The van der Waals surface area contributed by atoms with Crippen LogP contribution in [0.1, 0.15) is 11.1 Å². The molecular weight excluding hydrogens is 228 g/mol. The largest absolute Gasteiger partial charge is 0.326 e. The molecule has 2 rings (SSSR count). The van der Waals surface area contributed by atoms with Gasteiger partial charge in [-0.2, -0.15) is 5.10 Å². The monoisotopic (exact) mass is 244 g/mol. The molecule has 94 valence electrons. The first kappa shape index (κ1) is 12.3. The van der Waals surface area contributed by atoms with Crippen molar-refractivity contribution >= 4 is 11.6 Å². The van der Waals surface area contributed by atoms with Crippen LogP contribution >= 0.6 is 0 Å². The molecule has 3 N–H and O–H groups in total. The van der Waals surface area contributed by atoms with Crippen LogP contribution in [0.15, 0.2) is 36.7 Å². The molecule has 5 heteroatoms. The number of nitrogens with zero attached hydrogens (tertiary/aromatic N) is 2. The molecule has 18 heavy (non-hydrogen) atoms. The number of nitrogens with one attached hydrogen (secondary N) is 1. The summed E-state index contributed by atoms with van der Waals surface area (Å²) in [5, 5.41) is 6.92. The topological polar surface area (TPSA) is 72.9 Å². The number of aromatic nitrogens is 2. The molecule has 0 bridgehead atoms. The molecular formula is C13H16N4O. The molecule has 1 aromatic heterocycles. The minimum Gasteiger partial charge on any atom is -0.326 e. The first-order valence-electron chi connectivity index (χ1n) is 5.76. The normalized spacial score (nSPS) is 10.3. The Hall–Kier alpha value is -2.14. The summed E-state index contributed by atoms with van der Waals surface area (Å²) in [7, 11) is 0. The highest BCUT2D eigenvalue weighted by atomic mass is 16.2. The summed E-state index contributed by atoms with van der Waals surface area (Å²) >= 11 is 0. The number of hydrogen-bond acceptors (Lipinski definition) is 3. The average Bonchev–Trinajstić information content (AvgIpc) is 2.80. The van der Waals surface area contributed by atoms with Gasteiger partial charge in [0.15, 0.2) is 0 Å². The highest BCUT2D eigenvalue weighted by Crippen LogP contribution is 2.12. The predicted octanol–water partition coefficient (Wildman–Crippen LogP) is 1.29. The number of rotatable bonds is 4. The minimum absolute atomic E-state index is 0.101. The minimum atomic E-state index is -0.101. The van der Waals surface area contributed by atoms with E-state index in [4.69, 9.17) is 5.73 Å². The van der Waals surface area contributed by atoms with Gasteiger partial charge in [-0.3, -0.25) is 9.48 Å². The van der Waals surface area contributed by atoms with Crippen molar-refractivity contribution < 1.29 is 4.79 Å². The summed E-state index contributed by atoms with van der Waals surface area (Å²) in [5.74, 6) is -0.101. The fourth-order valence-corrected chi connectivity index (χ4v) is 1.65. The van der Waals surface area contributed by atoms with Crippen molar-refractivity contribution in [3.8, 4) is 0 Å². The van der Waals surface area contributed by atoms with Gasteiger partial charge in [0.05, 0.1) is 6.20 Å². The summed E-state index contributed by atoms with van der Waals surface area (Å²) in [6, 6.07) is 7.66. The number of para-hydroxylation sites is 1. The maximum absolute atomic E-state index is 11.8. The van der Waals surface area contributed by atoms with Gasteiger partial charge in [0.1, 0.15) is 6.54 Å². The van der Waals surface area contributed by atoms with Crippen molar-refractivity contribution in [2.45, 2.75) is 20.0 Å². The summed E-state index contributed by atoms with van der Waals surface area (Å²) in [5.41, 5.74) is 8.26. The molecule has 5 nitrogen and oxygen atoms in total. The molecule has 0 aliphatic rings. The molecule has 0 spiro atoms. The molecule has 2 aromatic rings. The zero-order valence-electron chi connectivity index (χ0n) is 10.3. The quantitative estimate of drug-likeness (QED) is 0.851. The zero-order valence-corrected chi connectivity index (χ0v) is 10.3. The Morgan fingerprint density at radius 3 is 2.89 bits per heavy atom. The number of nitrogens with two attached hydrogens (primary N) is 1. The third-order valence-electron chi connectivity index (χ3n) is 2.65. The Morgan fingerprint density at radius 1 is 1.44 bits per heavy atom. The van der Waals surface area contributed by atoms with Gasteiger partial charge in [0, 0.05) is 24.0 Å². The lowest BCUT2D eigenvalue weighted by Gasteiger charge is -2.07. The molecule has 1 heterocycles. The molecule has 0 atom stereocenters. The average molecular weight is 244 g/mol. The lowest BCUT2D eigenvalue weighted by Crippen LogP contribution is -2.19. The molecule has 1 aromatic carbocycles. The number of aryl methyl sites for hydroxylation is 1. The zero-order chi connectivity index (χ0) is 13.0. The van der Waals surface area contributed by atoms with Crippen LogP contribution in [-0.2, 0) is 17.9 Å². The van der Waals surface area contributed by atoms with Crippen LogP contribution in [0.5, 0.6) is 0 Å². The maximum atomic E-state index is 11.8. The van der Waals surface area contributed by atoms with Gasteiger partial charge in [-0.1, -0.05) is 18.2 Å². The SMILES string of the molecule is Cc1ccccc1NC(=O)Cn1cc(CN)cn1. The number of carbonyl (C=O) groups is 1. The van der Waals surface area contributed by atoms with Gasteiger partial charge in [0.25, 0.3) is 0 Å². The number of amides is 1.